The van der Waals surface area contributed by atoms with Crippen molar-refractivity contribution < 1.29 is 9.84 Å². The molecule has 0 heterocycles. The molecule has 0 unspecified atom stereocenters. The lowest BCUT2D eigenvalue weighted by Crippen LogP contribution is -2.25. The number of ether oxygens (including phenoxy) is 1. The second-order valence-corrected chi connectivity index (χ2v) is 2.90. The van der Waals surface area contributed by atoms with Gasteiger partial charge in [-0.15, -0.1) is 0 Å². The van der Waals surface area contributed by atoms with Crippen LogP contribution in [-0.4, -0.2) is 23.9 Å². The molecule has 1 N–H and O–H groups in total. The number of allylic oxidation sites excluding steroid dienone is 1. The molecule has 0 aromatic carbocycles. The Morgan fingerprint density at radius 1 is 1.50 bits per heavy atom. The highest BCUT2D eigenvalue weighted by Crippen LogP contribution is 2.00. The van der Waals surface area contributed by atoms with Crippen molar-refractivity contribution in [3.05, 3.63) is 12.2 Å². The fourth-order valence-electron chi connectivity index (χ4n) is 0.473. The van der Waals surface area contributed by atoms with Gasteiger partial charge in [-0.1, -0.05) is 12.2 Å². The Morgan fingerprint density at radius 3 is 2.50 bits per heavy atom. The maximum Gasteiger partial charge on any atom is 0.0824 e. The van der Waals surface area contributed by atoms with Crippen LogP contribution in [0.4, 0.5) is 0 Å². The van der Waals surface area contributed by atoms with Gasteiger partial charge in [0.15, 0.2) is 0 Å². The third kappa shape index (κ3) is 7.66. The molecule has 0 fully saturated rings. The van der Waals surface area contributed by atoms with Gasteiger partial charge < -0.3 is 9.84 Å². The minimum absolute atomic E-state index is 0.386. The number of rotatable bonds is 4. The molecule has 0 aromatic rings. The van der Waals surface area contributed by atoms with Crippen molar-refractivity contribution in [1.82, 2.24) is 0 Å². The molecule has 0 aliphatic carbocycles. The zero-order chi connectivity index (χ0) is 8.04. The van der Waals surface area contributed by atoms with Crippen molar-refractivity contribution in [2.24, 2.45) is 0 Å². The molecule has 0 saturated heterocycles. The summed E-state index contributed by atoms with van der Waals surface area (Å²) in [4.78, 5) is 0. The maximum absolute atomic E-state index is 9.17. The fraction of sp³-hybridized carbons (Fsp3) is 0.750. The molecule has 0 amide bonds. The van der Waals surface area contributed by atoms with Crippen LogP contribution in [0.1, 0.15) is 20.8 Å². The van der Waals surface area contributed by atoms with Gasteiger partial charge in [-0.05, 0) is 20.8 Å². The molecule has 0 aromatic heterocycles. The summed E-state index contributed by atoms with van der Waals surface area (Å²) in [6.07, 6.45) is 3.83. The van der Waals surface area contributed by atoms with Gasteiger partial charge in [-0.3, -0.25) is 0 Å². The molecule has 0 aliphatic rings. The van der Waals surface area contributed by atoms with Gasteiger partial charge in [-0.25, -0.2) is 0 Å². The third-order valence-corrected chi connectivity index (χ3v) is 0.905. The molecule has 0 spiro atoms. The normalized spacial score (nSPS) is 12.8. The van der Waals surface area contributed by atoms with E-state index in [4.69, 9.17) is 9.84 Å². The first kappa shape index (κ1) is 9.66. The van der Waals surface area contributed by atoms with Crippen LogP contribution in [-0.2, 0) is 4.74 Å². The topological polar surface area (TPSA) is 29.5 Å². The van der Waals surface area contributed by atoms with E-state index in [0.717, 1.165) is 0 Å². The van der Waals surface area contributed by atoms with Gasteiger partial charge in [0, 0.05) is 0 Å². The van der Waals surface area contributed by atoms with Crippen molar-refractivity contribution in [3.8, 4) is 0 Å². The Hall–Kier alpha value is -0.340. The van der Waals surface area contributed by atoms with Gasteiger partial charge in [0.05, 0.1) is 18.8 Å². The van der Waals surface area contributed by atoms with E-state index in [1.165, 1.54) is 0 Å². The summed E-state index contributed by atoms with van der Waals surface area (Å²) in [5.74, 6) is 0. The average Bonchev–Trinajstić information content (AvgIpc) is 1.78. The average molecular weight is 144 g/mol. The van der Waals surface area contributed by atoms with Gasteiger partial charge in [0.1, 0.15) is 0 Å². The zero-order valence-electron chi connectivity index (χ0n) is 6.92. The van der Waals surface area contributed by atoms with E-state index in [-0.39, 0.29) is 0 Å². The molecule has 60 valence electrons. The summed E-state index contributed by atoms with van der Waals surface area (Å²) in [5, 5.41) is 9.17. The summed E-state index contributed by atoms with van der Waals surface area (Å²) in [5.41, 5.74) is -0.707. The highest BCUT2D eigenvalue weighted by atomic mass is 16.5. The van der Waals surface area contributed by atoms with Crippen LogP contribution >= 0.6 is 0 Å². The molecule has 0 rings (SSSR count). The van der Waals surface area contributed by atoms with Crippen LogP contribution in [0.15, 0.2) is 12.2 Å². The molecule has 0 bridgehead atoms. The summed E-state index contributed by atoms with van der Waals surface area (Å²) >= 11 is 0. The summed E-state index contributed by atoms with van der Waals surface area (Å²) in [6.45, 7) is 6.36. The highest BCUT2D eigenvalue weighted by molar-refractivity contribution is 4.76. The highest BCUT2D eigenvalue weighted by Gasteiger charge is 2.10. The molecule has 2 nitrogen and oxygen atoms in total. The predicted molar refractivity (Wildman–Crippen MR) is 41.9 cm³/mol. The second-order valence-electron chi connectivity index (χ2n) is 2.90. The lowest BCUT2D eigenvalue weighted by Gasteiger charge is -2.15. The minimum Gasteiger partial charge on any atom is -0.388 e. The van der Waals surface area contributed by atoms with Crippen molar-refractivity contribution in [2.75, 3.05) is 13.2 Å². The van der Waals surface area contributed by atoms with E-state index in [0.29, 0.717) is 13.2 Å². The van der Waals surface area contributed by atoms with E-state index in [1.54, 1.807) is 13.8 Å². The lowest BCUT2D eigenvalue weighted by molar-refractivity contribution is -0.0124. The fourth-order valence-corrected chi connectivity index (χ4v) is 0.473. The molecular formula is C8H16O2. The smallest absolute Gasteiger partial charge is 0.0824 e. The zero-order valence-corrected chi connectivity index (χ0v) is 6.92. The molecule has 0 saturated carbocycles. The largest absolute Gasteiger partial charge is 0.388 e. The van der Waals surface area contributed by atoms with Crippen molar-refractivity contribution in [1.29, 1.82) is 0 Å². The predicted octanol–water partition coefficient (Wildman–Crippen LogP) is 1.35. The van der Waals surface area contributed by atoms with Gasteiger partial charge in [-0.2, -0.15) is 0 Å². The van der Waals surface area contributed by atoms with Gasteiger partial charge in [0.2, 0.25) is 0 Å². The first-order valence-corrected chi connectivity index (χ1v) is 3.47. The quantitative estimate of drug-likeness (QED) is 0.476. The SMILES string of the molecule is CC=CCOCC(C)(C)O. The van der Waals surface area contributed by atoms with Gasteiger partial charge >= 0.3 is 0 Å². The van der Waals surface area contributed by atoms with Crippen LogP contribution in [0.25, 0.3) is 0 Å². The Balaban J connectivity index is 3.20. The van der Waals surface area contributed by atoms with Crippen LogP contribution in [0.2, 0.25) is 0 Å². The summed E-state index contributed by atoms with van der Waals surface area (Å²) < 4.78 is 5.10. The van der Waals surface area contributed by atoms with Crippen molar-refractivity contribution in [2.45, 2.75) is 26.4 Å². The number of hydrogen-bond acceptors (Lipinski definition) is 2. The standard InChI is InChI=1S/C8H16O2/c1-4-5-6-10-7-8(2,3)9/h4-5,9H,6-7H2,1-3H3. The van der Waals surface area contributed by atoms with E-state index in [1.807, 2.05) is 19.1 Å². The van der Waals surface area contributed by atoms with Crippen LogP contribution in [0.3, 0.4) is 0 Å². The first-order chi connectivity index (χ1) is 4.56. The van der Waals surface area contributed by atoms with Crippen LogP contribution in [0.5, 0.6) is 0 Å². The monoisotopic (exact) mass is 144 g/mol. The molecule has 0 radical (unpaired) electrons. The second kappa shape index (κ2) is 4.47. The van der Waals surface area contributed by atoms with Crippen LogP contribution in [0, 0.1) is 0 Å². The number of aliphatic hydroxyl groups is 1. The molecule has 10 heavy (non-hydrogen) atoms. The summed E-state index contributed by atoms with van der Waals surface area (Å²) in [6, 6.07) is 0. The van der Waals surface area contributed by atoms with Crippen molar-refractivity contribution in [3.63, 3.8) is 0 Å². The van der Waals surface area contributed by atoms with E-state index in [2.05, 4.69) is 0 Å². The number of hydrogen-bond donors (Lipinski definition) is 1. The van der Waals surface area contributed by atoms with Crippen molar-refractivity contribution >= 4 is 0 Å². The van der Waals surface area contributed by atoms with Gasteiger partial charge in [0.25, 0.3) is 0 Å². The maximum atomic E-state index is 9.17. The Bertz CT molecular complexity index is 100. The van der Waals surface area contributed by atoms with E-state index < -0.39 is 5.60 Å². The van der Waals surface area contributed by atoms with Crippen LogP contribution < -0.4 is 0 Å². The molecule has 2 heteroatoms. The third-order valence-electron chi connectivity index (χ3n) is 0.905. The van der Waals surface area contributed by atoms with E-state index >= 15 is 0 Å². The Morgan fingerprint density at radius 2 is 2.10 bits per heavy atom. The molecular weight excluding hydrogens is 128 g/mol. The Labute approximate surface area is 62.5 Å². The lowest BCUT2D eigenvalue weighted by atomic mass is 10.2. The Kier molecular flexibility index (Phi) is 4.32. The first-order valence-electron chi connectivity index (χ1n) is 3.47. The minimum atomic E-state index is -0.707. The molecule has 0 aliphatic heterocycles. The molecule has 0 atom stereocenters. The van der Waals surface area contributed by atoms with E-state index in [9.17, 15) is 0 Å². The summed E-state index contributed by atoms with van der Waals surface area (Å²) in [7, 11) is 0.